The molecule has 0 aromatic carbocycles. The first kappa shape index (κ1) is 11.7. The molecule has 0 aromatic rings. The van der Waals surface area contributed by atoms with E-state index >= 15 is 0 Å². The maximum atomic E-state index is 11.8. The Morgan fingerprint density at radius 2 is 1.94 bits per heavy atom. The SMILES string of the molecule is CC1(C)[C@H]2CC[C@@]1(CS(=O)(=O)[O-])C(=O)C2=O. The van der Waals surface area contributed by atoms with Gasteiger partial charge >= 0.3 is 0 Å². The summed E-state index contributed by atoms with van der Waals surface area (Å²) in [6.45, 7) is 3.41. The summed E-state index contributed by atoms with van der Waals surface area (Å²) in [7, 11) is -4.50. The third kappa shape index (κ3) is 1.23. The minimum atomic E-state index is -4.50. The van der Waals surface area contributed by atoms with Crippen molar-refractivity contribution >= 4 is 21.7 Å². The van der Waals surface area contributed by atoms with Gasteiger partial charge in [0.15, 0.2) is 0 Å². The fourth-order valence-corrected chi connectivity index (χ4v) is 4.54. The van der Waals surface area contributed by atoms with E-state index in [1.54, 1.807) is 13.8 Å². The van der Waals surface area contributed by atoms with Crippen molar-refractivity contribution in [3.05, 3.63) is 0 Å². The smallest absolute Gasteiger partial charge is 0.206 e. The fraction of sp³-hybridized carbons (Fsp3) is 0.800. The number of hydrogen-bond acceptors (Lipinski definition) is 5. The Morgan fingerprint density at radius 1 is 1.38 bits per heavy atom. The van der Waals surface area contributed by atoms with Gasteiger partial charge in [0.2, 0.25) is 11.6 Å². The van der Waals surface area contributed by atoms with Crippen LogP contribution in [-0.2, 0) is 19.7 Å². The molecule has 0 amide bonds. The molecule has 2 aliphatic rings. The number of Topliss-reactive ketones (excluding diaryl/α,β-unsaturated/α-hetero) is 2. The van der Waals surface area contributed by atoms with Crippen LogP contribution in [0.25, 0.3) is 0 Å². The van der Waals surface area contributed by atoms with Gasteiger partial charge in [-0.25, -0.2) is 8.42 Å². The van der Waals surface area contributed by atoms with Crippen LogP contribution in [0.5, 0.6) is 0 Å². The Balaban J connectivity index is 2.54. The molecule has 0 spiro atoms. The van der Waals surface area contributed by atoms with Crippen LogP contribution in [0.15, 0.2) is 0 Å². The van der Waals surface area contributed by atoms with Crippen molar-refractivity contribution in [2.75, 3.05) is 5.75 Å². The molecule has 2 aliphatic carbocycles. The molecule has 0 radical (unpaired) electrons. The predicted octanol–water partition coefficient (Wildman–Crippen LogP) is 0.106. The van der Waals surface area contributed by atoms with Crippen LogP contribution in [-0.4, -0.2) is 30.3 Å². The molecule has 16 heavy (non-hydrogen) atoms. The maximum absolute atomic E-state index is 11.8. The van der Waals surface area contributed by atoms with E-state index in [2.05, 4.69) is 0 Å². The molecule has 0 N–H and O–H groups in total. The van der Waals surface area contributed by atoms with E-state index in [-0.39, 0.29) is 0 Å². The normalized spacial score (nSPS) is 37.1. The summed E-state index contributed by atoms with van der Waals surface area (Å²) in [5.74, 6) is -2.32. The first-order chi connectivity index (χ1) is 7.12. The largest absolute Gasteiger partial charge is 0.748 e. The Hall–Kier alpha value is -0.750. The highest BCUT2D eigenvalue weighted by Gasteiger charge is 2.69. The van der Waals surface area contributed by atoms with E-state index in [0.717, 1.165) is 0 Å². The van der Waals surface area contributed by atoms with E-state index in [4.69, 9.17) is 0 Å². The van der Waals surface area contributed by atoms with Gasteiger partial charge in [-0.2, -0.15) is 0 Å². The average molecular weight is 245 g/mol. The summed E-state index contributed by atoms with van der Waals surface area (Å²) < 4.78 is 32.7. The fourth-order valence-electron chi connectivity index (χ4n) is 3.29. The quantitative estimate of drug-likeness (QED) is 0.508. The zero-order valence-corrected chi connectivity index (χ0v) is 9.96. The zero-order valence-electron chi connectivity index (χ0n) is 9.15. The highest BCUT2D eigenvalue weighted by Crippen LogP contribution is 2.62. The molecule has 0 saturated heterocycles. The molecule has 2 rings (SSSR count). The third-order valence-electron chi connectivity index (χ3n) is 4.36. The van der Waals surface area contributed by atoms with Crippen LogP contribution < -0.4 is 0 Å². The van der Waals surface area contributed by atoms with E-state index in [1.165, 1.54) is 0 Å². The Kier molecular flexibility index (Phi) is 2.14. The van der Waals surface area contributed by atoms with Crippen LogP contribution in [0.4, 0.5) is 0 Å². The van der Waals surface area contributed by atoms with E-state index in [1.807, 2.05) is 0 Å². The molecule has 6 heteroatoms. The Bertz CT molecular complexity index is 475. The molecule has 0 aliphatic heterocycles. The van der Waals surface area contributed by atoms with Crippen molar-refractivity contribution in [1.29, 1.82) is 0 Å². The molecular formula is C10H13O5S-. The van der Waals surface area contributed by atoms with Crippen LogP contribution in [0.3, 0.4) is 0 Å². The third-order valence-corrected chi connectivity index (χ3v) is 5.21. The van der Waals surface area contributed by atoms with Crippen LogP contribution >= 0.6 is 0 Å². The lowest BCUT2D eigenvalue weighted by molar-refractivity contribution is -0.141. The molecule has 90 valence electrons. The topological polar surface area (TPSA) is 91.3 Å². The van der Waals surface area contributed by atoms with Gasteiger partial charge in [-0.3, -0.25) is 9.59 Å². The number of ketones is 2. The minimum Gasteiger partial charge on any atom is -0.748 e. The van der Waals surface area contributed by atoms with Crippen molar-refractivity contribution in [2.45, 2.75) is 26.7 Å². The number of fused-ring (bicyclic) bond motifs is 2. The van der Waals surface area contributed by atoms with Crippen molar-refractivity contribution in [3.8, 4) is 0 Å². The first-order valence-corrected chi connectivity index (χ1v) is 6.72. The summed E-state index contributed by atoms with van der Waals surface area (Å²) in [5, 5.41) is 0. The lowest BCUT2D eigenvalue weighted by Gasteiger charge is -2.35. The van der Waals surface area contributed by atoms with Crippen molar-refractivity contribution in [3.63, 3.8) is 0 Å². The van der Waals surface area contributed by atoms with Gasteiger partial charge in [-0.1, -0.05) is 13.8 Å². The Morgan fingerprint density at radius 3 is 2.31 bits per heavy atom. The number of carbonyl (C=O) groups excluding carboxylic acids is 2. The highest BCUT2D eigenvalue weighted by atomic mass is 32.2. The lowest BCUT2D eigenvalue weighted by Crippen LogP contribution is -2.43. The van der Waals surface area contributed by atoms with Crippen LogP contribution in [0.1, 0.15) is 26.7 Å². The first-order valence-electron chi connectivity index (χ1n) is 5.14. The minimum absolute atomic E-state index is 0.330. The van der Waals surface area contributed by atoms with Gasteiger partial charge in [-0.15, -0.1) is 0 Å². The standard InChI is InChI=1S/C10H14O5S/c1-9(2)6-3-4-10(9,5-16(13,14)15)8(12)7(6)11/h6H,3-5H2,1-2H3,(H,13,14,15)/p-1/t6-,10+/m0/s1. The lowest BCUT2D eigenvalue weighted by atomic mass is 9.70. The summed E-state index contributed by atoms with van der Waals surface area (Å²) in [6, 6.07) is 0. The molecular weight excluding hydrogens is 232 g/mol. The van der Waals surface area contributed by atoms with Crippen LogP contribution in [0.2, 0.25) is 0 Å². The van der Waals surface area contributed by atoms with E-state index in [9.17, 15) is 22.6 Å². The van der Waals surface area contributed by atoms with Gasteiger partial charge in [0.1, 0.15) is 0 Å². The second-order valence-corrected chi connectivity index (χ2v) is 6.69. The number of carbonyl (C=O) groups is 2. The van der Waals surface area contributed by atoms with Crippen molar-refractivity contribution in [2.24, 2.45) is 16.7 Å². The van der Waals surface area contributed by atoms with Gasteiger partial charge in [0, 0.05) is 5.92 Å². The summed E-state index contributed by atoms with van der Waals surface area (Å²) in [5.41, 5.74) is -1.98. The highest BCUT2D eigenvalue weighted by molar-refractivity contribution is 7.85. The van der Waals surface area contributed by atoms with E-state index in [0.29, 0.717) is 12.8 Å². The molecule has 0 heterocycles. The van der Waals surface area contributed by atoms with Gasteiger partial charge in [0.25, 0.3) is 0 Å². The number of hydrogen-bond donors (Lipinski definition) is 0. The van der Waals surface area contributed by atoms with Crippen molar-refractivity contribution in [1.82, 2.24) is 0 Å². The van der Waals surface area contributed by atoms with E-state index < -0.39 is 44.2 Å². The molecule has 5 nitrogen and oxygen atoms in total. The van der Waals surface area contributed by atoms with Gasteiger partial charge in [0.05, 0.1) is 21.3 Å². The summed E-state index contributed by atoms with van der Waals surface area (Å²) >= 11 is 0. The molecule has 2 bridgehead atoms. The van der Waals surface area contributed by atoms with Gasteiger partial charge in [-0.05, 0) is 18.3 Å². The maximum Gasteiger partial charge on any atom is 0.206 e. The molecule has 2 atom stereocenters. The summed E-state index contributed by atoms with van der Waals surface area (Å²) in [4.78, 5) is 23.5. The molecule has 0 unspecified atom stereocenters. The monoisotopic (exact) mass is 245 g/mol. The second-order valence-electron chi connectivity index (χ2n) is 5.29. The van der Waals surface area contributed by atoms with Gasteiger partial charge < -0.3 is 4.55 Å². The van der Waals surface area contributed by atoms with Crippen LogP contribution in [0, 0.1) is 16.7 Å². The predicted molar refractivity (Wildman–Crippen MR) is 53.5 cm³/mol. The number of rotatable bonds is 2. The second kappa shape index (κ2) is 2.92. The molecule has 2 saturated carbocycles. The van der Waals surface area contributed by atoms with Crippen molar-refractivity contribution < 1.29 is 22.6 Å². The average Bonchev–Trinajstić information content (AvgIpc) is 2.39. The molecule has 0 aromatic heterocycles. The zero-order chi connectivity index (χ0) is 12.4. The Labute approximate surface area is 94.0 Å². The molecule has 2 fully saturated rings. The summed E-state index contributed by atoms with van der Waals surface area (Å²) in [6.07, 6.45) is 0.837.